The van der Waals surface area contributed by atoms with E-state index in [0.717, 1.165) is 36.5 Å². The van der Waals surface area contributed by atoms with Crippen molar-refractivity contribution in [3.05, 3.63) is 59.4 Å². The number of hydrogen-bond donors (Lipinski definition) is 0. The molecule has 0 N–H and O–H groups in total. The molecule has 0 bridgehead atoms. The number of ketones is 1. The summed E-state index contributed by atoms with van der Waals surface area (Å²) in [5, 5.41) is 0. The summed E-state index contributed by atoms with van der Waals surface area (Å²) in [7, 11) is 2.00. The molecule has 0 saturated carbocycles. The molecular formula is C17H22N2O. The molecular weight excluding hydrogens is 248 g/mol. The largest absolute Gasteiger partial charge is 0.353 e. The Labute approximate surface area is 120 Å². The molecule has 1 aromatic carbocycles. The van der Waals surface area contributed by atoms with E-state index in [1.165, 1.54) is 0 Å². The lowest BCUT2D eigenvalue weighted by molar-refractivity contribution is 0.103. The second-order valence-corrected chi connectivity index (χ2v) is 4.94. The summed E-state index contributed by atoms with van der Waals surface area (Å²) in [6, 6.07) is 11.4. The van der Waals surface area contributed by atoms with E-state index in [4.69, 9.17) is 0 Å². The fourth-order valence-electron chi connectivity index (χ4n) is 2.37. The third-order valence-corrected chi connectivity index (χ3v) is 3.75. The van der Waals surface area contributed by atoms with Crippen LogP contribution in [0, 0.1) is 0 Å². The molecule has 0 aliphatic rings. The van der Waals surface area contributed by atoms with Gasteiger partial charge < -0.3 is 4.57 Å². The van der Waals surface area contributed by atoms with Crippen molar-refractivity contribution in [2.24, 2.45) is 7.05 Å². The van der Waals surface area contributed by atoms with E-state index in [-0.39, 0.29) is 5.78 Å². The highest BCUT2D eigenvalue weighted by molar-refractivity contribution is 6.09. The minimum Gasteiger partial charge on any atom is -0.353 e. The Bertz CT molecular complexity index is 568. The smallest absolute Gasteiger partial charge is 0.194 e. The fraction of sp³-hybridized carbons (Fsp3) is 0.353. The molecule has 106 valence electrons. The topological polar surface area (TPSA) is 25.2 Å². The van der Waals surface area contributed by atoms with Crippen molar-refractivity contribution >= 4 is 5.78 Å². The Hall–Kier alpha value is -1.87. The number of carbonyl (C=O) groups is 1. The maximum atomic E-state index is 12.6. The van der Waals surface area contributed by atoms with Crippen LogP contribution in [0.25, 0.3) is 0 Å². The summed E-state index contributed by atoms with van der Waals surface area (Å²) in [6.07, 6.45) is 1.97. The normalized spacial score (nSPS) is 11.0. The Morgan fingerprint density at radius 1 is 1.10 bits per heavy atom. The maximum Gasteiger partial charge on any atom is 0.194 e. The molecule has 0 unspecified atom stereocenters. The Kier molecular flexibility index (Phi) is 4.74. The van der Waals surface area contributed by atoms with Crippen molar-refractivity contribution in [1.82, 2.24) is 9.47 Å². The summed E-state index contributed by atoms with van der Waals surface area (Å²) >= 11 is 0. The van der Waals surface area contributed by atoms with Gasteiger partial charge in [0, 0.05) is 36.6 Å². The molecule has 0 spiro atoms. The van der Waals surface area contributed by atoms with Gasteiger partial charge in [0.15, 0.2) is 5.78 Å². The first-order valence-corrected chi connectivity index (χ1v) is 7.13. The van der Waals surface area contributed by atoms with Crippen LogP contribution in [0.1, 0.15) is 35.5 Å². The Morgan fingerprint density at radius 3 is 2.35 bits per heavy atom. The van der Waals surface area contributed by atoms with Crippen LogP contribution in [0.4, 0.5) is 0 Å². The van der Waals surface area contributed by atoms with Crippen molar-refractivity contribution in [3.8, 4) is 0 Å². The molecule has 0 aliphatic carbocycles. The molecule has 3 heteroatoms. The van der Waals surface area contributed by atoms with Gasteiger partial charge in [-0.25, -0.2) is 0 Å². The Balaban J connectivity index is 2.31. The molecule has 1 heterocycles. The highest BCUT2D eigenvalue weighted by Crippen LogP contribution is 2.17. The molecule has 0 aliphatic heterocycles. The number of aromatic nitrogens is 1. The molecule has 0 amide bonds. The Morgan fingerprint density at radius 2 is 1.75 bits per heavy atom. The summed E-state index contributed by atoms with van der Waals surface area (Å²) in [4.78, 5) is 14.9. The van der Waals surface area contributed by atoms with Gasteiger partial charge in [0.2, 0.25) is 0 Å². The summed E-state index contributed by atoms with van der Waals surface area (Å²) in [5.74, 6) is 0.105. The van der Waals surface area contributed by atoms with Crippen LogP contribution in [-0.2, 0) is 13.6 Å². The second kappa shape index (κ2) is 6.53. The van der Waals surface area contributed by atoms with E-state index in [0.29, 0.717) is 0 Å². The minimum atomic E-state index is 0.105. The van der Waals surface area contributed by atoms with Crippen LogP contribution in [0.15, 0.2) is 42.6 Å². The van der Waals surface area contributed by atoms with Crippen LogP contribution in [0.3, 0.4) is 0 Å². The predicted molar refractivity (Wildman–Crippen MR) is 81.9 cm³/mol. The van der Waals surface area contributed by atoms with Gasteiger partial charge in [0.25, 0.3) is 0 Å². The standard InChI is InChI=1S/C17H22N2O/c1-4-19(5-2)13-16-15(11-12-18(16)3)17(20)14-9-7-6-8-10-14/h6-12H,4-5,13H2,1-3H3. The van der Waals surface area contributed by atoms with Gasteiger partial charge in [-0.2, -0.15) is 0 Å². The number of nitrogens with zero attached hydrogens (tertiary/aromatic N) is 2. The van der Waals surface area contributed by atoms with Crippen molar-refractivity contribution < 1.29 is 4.79 Å². The van der Waals surface area contributed by atoms with Crippen LogP contribution in [-0.4, -0.2) is 28.3 Å². The number of aryl methyl sites for hydroxylation is 1. The van der Waals surface area contributed by atoms with E-state index >= 15 is 0 Å². The molecule has 0 saturated heterocycles. The van der Waals surface area contributed by atoms with Crippen molar-refractivity contribution in [1.29, 1.82) is 0 Å². The van der Waals surface area contributed by atoms with Crippen molar-refractivity contribution in [3.63, 3.8) is 0 Å². The van der Waals surface area contributed by atoms with Crippen LogP contribution < -0.4 is 0 Å². The number of carbonyl (C=O) groups excluding carboxylic acids is 1. The average molecular weight is 270 g/mol. The van der Waals surface area contributed by atoms with Gasteiger partial charge in [0.05, 0.1) is 0 Å². The molecule has 20 heavy (non-hydrogen) atoms. The third-order valence-electron chi connectivity index (χ3n) is 3.75. The highest BCUT2D eigenvalue weighted by atomic mass is 16.1. The number of benzene rings is 1. The lowest BCUT2D eigenvalue weighted by Crippen LogP contribution is -2.24. The number of rotatable bonds is 6. The molecule has 0 fully saturated rings. The summed E-state index contributed by atoms with van der Waals surface area (Å²) < 4.78 is 2.05. The lowest BCUT2D eigenvalue weighted by Gasteiger charge is -2.19. The monoisotopic (exact) mass is 270 g/mol. The zero-order chi connectivity index (χ0) is 14.5. The quantitative estimate of drug-likeness (QED) is 0.754. The molecule has 2 aromatic rings. The van der Waals surface area contributed by atoms with Crippen LogP contribution in [0.2, 0.25) is 0 Å². The minimum absolute atomic E-state index is 0.105. The first-order chi connectivity index (χ1) is 9.67. The SMILES string of the molecule is CCN(CC)Cc1c(C(=O)c2ccccc2)ccn1C. The highest BCUT2D eigenvalue weighted by Gasteiger charge is 2.17. The van der Waals surface area contributed by atoms with Crippen LogP contribution >= 0.6 is 0 Å². The lowest BCUT2D eigenvalue weighted by atomic mass is 10.0. The average Bonchev–Trinajstić information content (AvgIpc) is 2.85. The second-order valence-electron chi connectivity index (χ2n) is 4.94. The van der Waals surface area contributed by atoms with E-state index in [1.807, 2.05) is 49.6 Å². The molecule has 0 atom stereocenters. The van der Waals surface area contributed by atoms with Crippen LogP contribution in [0.5, 0.6) is 0 Å². The first-order valence-electron chi connectivity index (χ1n) is 7.13. The zero-order valence-electron chi connectivity index (χ0n) is 12.5. The molecule has 1 aromatic heterocycles. The van der Waals surface area contributed by atoms with Gasteiger partial charge in [-0.05, 0) is 19.2 Å². The fourth-order valence-corrected chi connectivity index (χ4v) is 2.37. The molecule has 3 nitrogen and oxygen atoms in total. The van der Waals surface area contributed by atoms with Gasteiger partial charge in [-0.15, -0.1) is 0 Å². The van der Waals surface area contributed by atoms with Gasteiger partial charge in [0.1, 0.15) is 0 Å². The van der Waals surface area contributed by atoms with Crippen molar-refractivity contribution in [2.45, 2.75) is 20.4 Å². The van der Waals surface area contributed by atoms with Crippen molar-refractivity contribution in [2.75, 3.05) is 13.1 Å². The zero-order valence-corrected chi connectivity index (χ0v) is 12.5. The summed E-state index contributed by atoms with van der Waals surface area (Å²) in [6.45, 7) is 7.07. The first kappa shape index (κ1) is 14.5. The maximum absolute atomic E-state index is 12.6. The van der Waals surface area contributed by atoms with E-state index in [2.05, 4.69) is 23.3 Å². The van der Waals surface area contributed by atoms with Gasteiger partial charge in [-0.3, -0.25) is 9.69 Å². The third kappa shape index (κ3) is 2.99. The summed E-state index contributed by atoms with van der Waals surface area (Å²) in [5.41, 5.74) is 2.65. The van der Waals surface area contributed by atoms with E-state index < -0.39 is 0 Å². The van der Waals surface area contributed by atoms with E-state index in [1.54, 1.807) is 0 Å². The predicted octanol–water partition coefficient (Wildman–Crippen LogP) is 3.10. The molecule has 0 radical (unpaired) electrons. The van der Waals surface area contributed by atoms with E-state index in [9.17, 15) is 4.79 Å². The number of hydrogen-bond acceptors (Lipinski definition) is 2. The van der Waals surface area contributed by atoms with Gasteiger partial charge in [-0.1, -0.05) is 44.2 Å². The van der Waals surface area contributed by atoms with Gasteiger partial charge >= 0.3 is 0 Å². The molecule has 2 rings (SSSR count).